The van der Waals surface area contributed by atoms with Gasteiger partial charge in [-0.25, -0.2) is 4.39 Å². The summed E-state index contributed by atoms with van der Waals surface area (Å²) in [7, 11) is 0. The molecule has 0 aromatic heterocycles. The molecule has 1 aromatic rings. The molecule has 0 amide bonds. The molecule has 2 rings (SSSR count). The van der Waals surface area contributed by atoms with Gasteiger partial charge < -0.3 is 15.8 Å². The number of nitrogens with zero attached hydrogens (tertiary/aromatic N) is 2. The van der Waals surface area contributed by atoms with Crippen LogP contribution in [-0.2, 0) is 0 Å². The second kappa shape index (κ2) is 5.99. The summed E-state index contributed by atoms with van der Waals surface area (Å²) in [5.41, 5.74) is 6.47. The number of nitrogens with two attached hydrogens (primary N) is 1. The zero-order chi connectivity index (χ0) is 14.9. The number of anilines is 1. The van der Waals surface area contributed by atoms with Crippen molar-refractivity contribution < 1.29 is 9.60 Å². The summed E-state index contributed by atoms with van der Waals surface area (Å²) >= 11 is 3.21. The van der Waals surface area contributed by atoms with Crippen LogP contribution in [0.1, 0.15) is 38.7 Å². The number of hydrogen-bond acceptors (Lipinski definition) is 3. The lowest BCUT2D eigenvalue weighted by Gasteiger charge is -2.31. The van der Waals surface area contributed by atoms with Crippen molar-refractivity contribution in [3.63, 3.8) is 0 Å². The fourth-order valence-corrected chi connectivity index (χ4v) is 3.44. The van der Waals surface area contributed by atoms with E-state index in [4.69, 9.17) is 10.9 Å². The van der Waals surface area contributed by atoms with Crippen LogP contribution in [0.15, 0.2) is 21.8 Å². The van der Waals surface area contributed by atoms with Crippen molar-refractivity contribution in [1.29, 1.82) is 0 Å². The minimum Gasteiger partial charge on any atom is -0.409 e. The van der Waals surface area contributed by atoms with E-state index in [1.807, 2.05) is 0 Å². The van der Waals surface area contributed by atoms with E-state index in [1.165, 1.54) is 0 Å². The molecular weight excluding hydrogens is 325 g/mol. The minimum atomic E-state index is -0.360. The van der Waals surface area contributed by atoms with Crippen molar-refractivity contribution in [2.45, 2.75) is 45.2 Å². The third-order valence-corrected chi connectivity index (χ3v) is 4.76. The van der Waals surface area contributed by atoms with Crippen molar-refractivity contribution in [3.05, 3.63) is 28.0 Å². The van der Waals surface area contributed by atoms with E-state index in [0.717, 1.165) is 19.3 Å². The molecule has 0 bridgehead atoms. The van der Waals surface area contributed by atoms with Crippen LogP contribution in [0, 0.1) is 5.82 Å². The Balaban J connectivity index is 2.46. The highest BCUT2D eigenvalue weighted by atomic mass is 79.9. The smallest absolute Gasteiger partial charge is 0.171 e. The lowest BCUT2D eigenvalue weighted by molar-refractivity contribution is 0.318. The zero-order valence-electron chi connectivity index (χ0n) is 11.6. The fraction of sp³-hybridized carbons (Fsp3) is 0.500. The molecule has 1 aliphatic heterocycles. The Kier molecular flexibility index (Phi) is 4.52. The summed E-state index contributed by atoms with van der Waals surface area (Å²) in [6.07, 6.45) is 3.14. The van der Waals surface area contributed by atoms with Gasteiger partial charge in [-0.2, -0.15) is 0 Å². The van der Waals surface area contributed by atoms with Gasteiger partial charge in [0.15, 0.2) is 11.7 Å². The lowest BCUT2D eigenvalue weighted by Crippen LogP contribution is -2.35. The molecule has 0 saturated carbocycles. The van der Waals surface area contributed by atoms with Crippen LogP contribution in [0.2, 0.25) is 0 Å². The molecule has 1 heterocycles. The van der Waals surface area contributed by atoms with E-state index < -0.39 is 0 Å². The van der Waals surface area contributed by atoms with Crippen LogP contribution >= 0.6 is 15.9 Å². The van der Waals surface area contributed by atoms with E-state index >= 15 is 0 Å². The van der Waals surface area contributed by atoms with Gasteiger partial charge in [0, 0.05) is 17.6 Å². The molecular formula is C14H19BrFN3O. The highest BCUT2D eigenvalue weighted by molar-refractivity contribution is 9.10. The van der Waals surface area contributed by atoms with Gasteiger partial charge in [-0.05, 0) is 54.2 Å². The maximum Gasteiger partial charge on any atom is 0.171 e. The molecule has 0 radical (unpaired) electrons. The average molecular weight is 344 g/mol. The van der Waals surface area contributed by atoms with E-state index in [2.05, 4.69) is 39.8 Å². The molecule has 3 N–H and O–H groups in total. The number of rotatable bonds is 3. The van der Waals surface area contributed by atoms with Crippen molar-refractivity contribution in [2.24, 2.45) is 10.9 Å². The van der Waals surface area contributed by atoms with Crippen LogP contribution in [0.4, 0.5) is 10.1 Å². The molecule has 4 nitrogen and oxygen atoms in total. The summed E-state index contributed by atoms with van der Waals surface area (Å²) in [5, 5.41) is 11.6. The van der Waals surface area contributed by atoms with Crippen molar-refractivity contribution >= 4 is 27.5 Å². The van der Waals surface area contributed by atoms with Gasteiger partial charge in [0.05, 0.1) is 10.2 Å². The summed E-state index contributed by atoms with van der Waals surface area (Å²) in [5.74, 6) is -0.467. The number of benzene rings is 1. The predicted octanol–water partition coefficient (Wildman–Crippen LogP) is 3.45. The Morgan fingerprint density at radius 3 is 2.85 bits per heavy atom. The third-order valence-electron chi connectivity index (χ3n) is 3.98. The highest BCUT2D eigenvalue weighted by Crippen LogP contribution is 2.37. The Labute approximate surface area is 126 Å². The van der Waals surface area contributed by atoms with E-state index in [1.54, 1.807) is 12.1 Å². The topological polar surface area (TPSA) is 61.8 Å². The normalized spacial score (nSPS) is 23.4. The molecule has 1 fully saturated rings. The summed E-state index contributed by atoms with van der Waals surface area (Å²) in [6, 6.07) is 4.06. The monoisotopic (exact) mass is 343 g/mol. The van der Waals surface area contributed by atoms with Crippen molar-refractivity contribution in [2.75, 3.05) is 4.90 Å². The van der Waals surface area contributed by atoms with Gasteiger partial charge in [-0.15, -0.1) is 0 Å². The molecule has 0 aliphatic carbocycles. The summed E-state index contributed by atoms with van der Waals surface area (Å²) in [4.78, 5) is 2.14. The van der Waals surface area contributed by atoms with Gasteiger partial charge in [-0.1, -0.05) is 12.1 Å². The predicted molar refractivity (Wildman–Crippen MR) is 81.9 cm³/mol. The second-order valence-electron chi connectivity index (χ2n) is 5.14. The molecule has 2 atom stereocenters. The van der Waals surface area contributed by atoms with Gasteiger partial charge >= 0.3 is 0 Å². The maximum absolute atomic E-state index is 14.6. The molecule has 1 aromatic carbocycles. The van der Waals surface area contributed by atoms with Crippen LogP contribution in [0.25, 0.3) is 0 Å². The largest absolute Gasteiger partial charge is 0.409 e. The molecule has 1 aliphatic rings. The van der Waals surface area contributed by atoms with Gasteiger partial charge in [-0.3, -0.25) is 0 Å². The molecule has 2 unspecified atom stereocenters. The maximum atomic E-state index is 14.6. The van der Waals surface area contributed by atoms with Crippen LogP contribution in [0.3, 0.4) is 0 Å². The quantitative estimate of drug-likeness (QED) is 0.382. The first-order chi connectivity index (χ1) is 9.51. The molecule has 1 saturated heterocycles. The first-order valence-electron chi connectivity index (χ1n) is 6.75. The van der Waals surface area contributed by atoms with E-state index in [-0.39, 0.29) is 16.1 Å². The molecule has 20 heavy (non-hydrogen) atoms. The average Bonchev–Trinajstić information content (AvgIpc) is 2.82. The molecule has 6 heteroatoms. The SMILES string of the molecule is CCC1CCC(C)N1c1ccc(/C(N)=N/O)c(Br)c1F. The Bertz CT molecular complexity index is 535. The zero-order valence-corrected chi connectivity index (χ0v) is 13.2. The standard InChI is InChI=1S/C14H19BrFN3O/c1-3-9-5-4-8(2)19(9)11-7-6-10(14(17)18-20)12(15)13(11)16/h6-9,20H,3-5H2,1-2H3,(H2,17,18). The Morgan fingerprint density at radius 1 is 1.55 bits per heavy atom. The number of oxime groups is 1. The van der Waals surface area contributed by atoms with E-state index in [9.17, 15) is 4.39 Å². The summed E-state index contributed by atoms with van der Waals surface area (Å²) < 4.78 is 14.8. The lowest BCUT2D eigenvalue weighted by atomic mass is 10.1. The van der Waals surface area contributed by atoms with Gasteiger partial charge in [0.2, 0.25) is 0 Å². The number of amidine groups is 1. The van der Waals surface area contributed by atoms with Gasteiger partial charge in [0.25, 0.3) is 0 Å². The van der Waals surface area contributed by atoms with Crippen LogP contribution in [-0.4, -0.2) is 23.1 Å². The third kappa shape index (κ3) is 2.49. The second-order valence-corrected chi connectivity index (χ2v) is 5.93. The first kappa shape index (κ1) is 15.1. The first-order valence-corrected chi connectivity index (χ1v) is 7.54. The fourth-order valence-electron chi connectivity index (χ4n) is 2.90. The number of halogens is 2. The highest BCUT2D eigenvalue weighted by Gasteiger charge is 2.32. The van der Waals surface area contributed by atoms with Crippen molar-refractivity contribution in [1.82, 2.24) is 0 Å². The Hall–Kier alpha value is -1.30. The van der Waals surface area contributed by atoms with Crippen LogP contribution in [0.5, 0.6) is 0 Å². The number of hydrogen-bond donors (Lipinski definition) is 2. The minimum absolute atomic E-state index is 0.108. The summed E-state index contributed by atoms with van der Waals surface area (Å²) in [6.45, 7) is 4.23. The van der Waals surface area contributed by atoms with Gasteiger partial charge in [0.1, 0.15) is 0 Å². The van der Waals surface area contributed by atoms with Crippen LogP contribution < -0.4 is 10.6 Å². The molecule has 0 spiro atoms. The Morgan fingerprint density at radius 2 is 2.25 bits per heavy atom. The van der Waals surface area contributed by atoms with Crippen molar-refractivity contribution in [3.8, 4) is 0 Å². The van der Waals surface area contributed by atoms with E-state index in [0.29, 0.717) is 23.3 Å². The molecule has 110 valence electrons.